The van der Waals surface area contributed by atoms with Crippen LogP contribution in [0.2, 0.25) is 5.02 Å². The molecule has 9 heteroatoms. The summed E-state index contributed by atoms with van der Waals surface area (Å²) in [5, 5.41) is 4.07. The lowest BCUT2D eigenvalue weighted by Crippen LogP contribution is -2.38. The van der Waals surface area contributed by atoms with Gasteiger partial charge in [0.05, 0.1) is 45.0 Å². The Morgan fingerprint density at radius 1 is 1.14 bits per heavy atom. The van der Waals surface area contributed by atoms with Gasteiger partial charge in [0, 0.05) is 45.2 Å². The third kappa shape index (κ3) is 5.84. The first-order valence-electron chi connectivity index (χ1n) is 8.44. The minimum atomic E-state index is 0. The number of nitrogens with zero attached hydrogens (tertiary/aromatic N) is 3. The largest absolute Gasteiger partial charge is 0.496 e. The second-order valence-electron chi connectivity index (χ2n) is 6.03. The number of hydrogen-bond acceptors (Lipinski definition) is 4. The molecule has 2 rings (SSSR count). The maximum Gasteiger partial charge on any atom is 0.194 e. The number of guanidine groups is 1. The van der Waals surface area contributed by atoms with Gasteiger partial charge >= 0.3 is 0 Å². The van der Waals surface area contributed by atoms with E-state index in [2.05, 4.69) is 10.3 Å². The Kier molecular flexibility index (Phi) is 9.74. The Hall–Kier alpha value is -1.81. The highest BCUT2D eigenvalue weighted by Crippen LogP contribution is 2.33. The number of nitrogens with one attached hydrogen (secondary N) is 1. The van der Waals surface area contributed by atoms with Crippen molar-refractivity contribution < 1.29 is 14.2 Å². The van der Waals surface area contributed by atoms with Gasteiger partial charge in [0.15, 0.2) is 5.96 Å². The molecule has 0 bridgehead atoms. The zero-order valence-corrected chi connectivity index (χ0v) is 20.2. The van der Waals surface area contributed by atoms with Gasteiger partial charge < -0.3 is 29.0 Å². The lowest BCUT2D eigenvalue weighted by molar-refractivity contribution is 0.367. The second kappa shape index (κ2) is 11.3. The standard InChI is InChI=1S/C19H27ClN4O3.HI/c1-21-19(24(3)12-14-7-13(20)11-23(14)2)22-10-16-17(26-5)8-15(25-4)9-18(16)27-6;/h7-9,11H,10,12H2,1-6H3,(H,21,22);1H. The van der Waals surface area contributed by atoms with Crippen LogP contribution in [-0.4, -0.2) is 50.9 Å². The molecule has 0 aliphatic carbocycles. The van der Waals surface area contributed by atoms with Crippen LogP contribution in [0.15, 0.2) is 29.4 Å². The SMILES string of the molecule is CN=C(NCc1c(OC)cc(OC)cc1OC)N(C)Cc1cc(Cl)cn1C.I. The number of aryl methyl sites for hydroxylation is 1. The molecule has 0 aliphatic heterocycles. The van der Waals surface area contributed by atoms with Crippen LogP contribution >= 0.6 is 35.6 Å². The van der Waals surface area contributed by atoms with E-state index >= 15 is 0 Å². The first kappa shape index (κ1) is 24.2. The molecule has 1 aromatic carbocycles. The number of methoxy groups -OCH3 is 3. The molecule has 0 amide bonds. The van der Waals surface area contributed by atoms with Crippen molar-refractivity contribution in [1.29, 1.82) is 0 Å². The van der Waals surface area contributed by atoms with E-state index < -0.39 is 0 Å². The summed E-state index contributed by atoms with van der Waals surface area (Å²) in [7, 11) is 10.5. The Bertz CT molecular complexity index is 785. The number of ether oxygens (including phenoxy) is 3. The van der Waals surface area contributed by atoms with E-state index in [1.165, 1.54) is 0 Å². The van der Waals surface area contributed by atoms with E-state index in [9.17, 15) is 0 Å². The van der Waals surface area contributed by atoms with Crippen LogP contribution in [0.1, 0.15) is 11.3 Å². The van der Waals surface area contributed by atoms with Gasteiger partial charge in [-0.2, -0.15) is 0 Å². The molecule has 0 radical (unpaired) electrons. The number of rotatable bonds is 7. The average Bonchev–Trinajstić information content (AvgIpc) is 2.98. The number of benzene rings is 1. The van der Waals surface area contributed by atoms with Crippen molar-refractivity contribution in [2.45, 2.75) is 13.1 Å². The fraction of sp³-hybridized carbons (Fsp3) is 0.421. The molecule has 1 N–H and O–H groups in total. The maximum absolute atomic E-state index is 6.07. The van der Waals surface area contributed by atoms with Gasteiger partial charge in [0.1, 0.15) is 17.2 Å². The van der Waals surface area contributed by atoms with Crippen LogP contribution in [0.3, 0.4) is 0 Å². The first-order chi connectivity index (χ1) is 12.9. The van der Waals surface area contributed by atoms with Crippen LogP contribution in [0.5, 0.6) is 17.2 Å². The van der Waals surface area contributed by atoms with Gasteiger partial charge in [-0.15, -0.1) is 24.0 Å². The van der Waals surface area contributed by atoms with Crippen LogP contribution in [0.25, 0.3) is 0 Å². The smallest absolute Gasteiger partial charge is 0.194 e. The minimum absolute atomic E-state index is 0. The van der Waals surface area contributed by atoms with Crippen molar-refractivity contribution in [3.63, 3.8) is 0 Å². The third-order valence-electron chi connectivity index (χ3n) is 4.29. The topological polar surface area (TPSA) is 60.3 Å². The van der Waals surface area contributed by atoms with Crippen LogP contribution in [-0.2, 0) is 20.1 Å². The molecule has 0 aliphatic rings. The number of aliphatic imine (C=N–C) groups is 1. The second-order valence-corrected chi connectivity index (χ2v) is 6.46. The Labute approximate surface area is 188 Å². The Morgan fingerprint density at radius 3 is 2.18 bits per heavy atom. The molecule has 0 fully saturated rings. The van der Waals surface area contributed by atoms with Gasteiger partial charge in [-0.25, -0.2) is 0 Å². The monoisotopic (exact) mass is 522 g/mol. The predicted octanol–water partition coefficient (Wildman–Crippen LogP) is 3.53. The molecule has 1 aromatic heterocycles. The van der Waals surface area contributed by atoms with E-state index in [0.29, 0.717) is 30.3 Å². The van der Waals surface area contributed by atoms with E-state index in [1.54, 1.807) is 28.4 Å². The summed E-state index contributed by atoms with van der Waals surface area (Å²) in [5.41, 5.74) is 1.97. The first-order valence-corrected chi connectivity index (χ1v) is 8.82. The number of aromatic nitrogens is 1. The summed E-state index contributed by atoms with van der Waals surface area (Å²) in [6.45, 7) is 1.15. The zero-order valence-electron chi connectivity index (χ0n) is 17.1. The quantitative estimate of drug-likeness (QED) is 0.343. The van der Waals surface area contributed by atoms with Crippen molar-refractivity contribution in [2.24, 2.45) is 12.0 Å². The van der Waals surface area contributed by atoms with Crippen LogP contribution < -0.4 is 19.5 Å². The molecule has 0 unspecified atom stereocenters. The molecule has 156 valence electrons. The van der Waals surface area contributed by atoms with Crippen molar-refractivity contribution in [1.82, 2.24) is 14.8 Å². The maximum atomic E-state index is 6.07. The molecule has 28 heavy (non-hydrogen) atoms. The Morgan fingerprint density at radius 2 is 1.75 bits per heavy atom. The van der Waals surface area contributed by atoms with Gasteiger partial charge in [-0.3, -0.25) is 4.99 Å². The molecule has 0 spiro atoms. The molecule has 0 saturated heterocycles. The summed E-state index contributed by atoms with van der Waals surface area (Å²) < 4.78 is 18.3. The van der Waals surface area contributed by atoms with E-state index in [4.69, 9.17) is 25.8 Å². The Balaban J connectivity index is 0.00000392. The summed E-state index contributed by atoms with van der Waals surface area (Å²) in [6, 6.07) is 5.61. The fourth-order valence-electron chi connectivity index (χ4n) is 2.85. The van der Waals surface area contributed by atoms with Crippen LogP contribution in [0, 0.1) is 0 Å². The van der Waals surface area contributed by atoms with Crippen LogP contribution in [0.4, 0.5) is 0 Å². The molecule has 0 saturated carbocycles. The highest BCUT2D eigenvalue weighted by molar-refractivity contribution is 14.0. The van der Waals surface area contributed by atoms with E-state index in [1.807, 2.05) is 48.0 Å². The van der Waals surface area contributed by atoms with E-state index in [-0.39, 0.29) is 24.0 Å². The number of halogens is 2. The highest BCUT2D eigenvalue weighted by atomic mass is 127. The highest BCUT2D eigenvalue weighted by Gasteiger charge is 2.15. The fourth-order valence-corrected chi connectivity index (χ4v) is 3.12. The number of hydrogen-bond donors (Lipinski definition) is 1. The summed E-state index contributed by atoms with van der Waals surface area (Å²) >= 11 is 6.07. The summed E-state index contributed by atoms with van der Waals surface area (Å²) in [5.74, 6) is 2.79. The summed E-state index contributed by atoms with van der Waals surface area (Å²) in [6.07, 6.45) is 1.88. The van der Waals surface area contributed by atoms with Crippen molar-refractivity contribution >= 4 is 41.5 Å². The lowest BCUT2D eigenvalue weighted by atomic mass is 10.1. The molecule has 1 heterocycles. The predicted molar refractivity (Wildman–Crippen MR) is 124 cm³/mol. The zero-order chi connectivity index (χ0) is 20.0. The lowest BCUT2D eigenvalue weighted by Gasteiger charge is -2.23. The molecular weight excluding hydrogens is 495 g/mol. The normalized spacial score (nSPS) is 10.9. The molecular formula is C19H28ClIN4O3. The van der Waals surface area contributed by atoms with Crippen molar-refractivity contribution in [2.75, 3.05) is 35.4 Å². The average molecular weight is 523 g/mol. The third-order valence-corrected chi connectivity index (χ3v) is 4.49. The van der Waals surface area contributed by atoms with Gasteiger partial charge in [-0.05, 0) is 6.07 Å². The van der Waals surface area contributed by atoms with Gasteiger partial charge in [-0.1, -0.05) is 11.6 Å². The van der Waals surface area contributed by atoms with Gasteiger partial charge in [0.25, 0.3) is 0 Å². The minimum Gasteiger partial charge on any atom is -0.496 e. The summed E-state index contributed by atoms with van der Waals surface area (Å²) in [4.78, 5) is 6.39. The van der Waals surface area contributed by atoms with Crippen molar-refractivity contribution in [3.05, 3.63) is 40.7 Å². The molecule has 0 atom stereocenters. The van der Waals surface area contributed by atoms with Crippen molar-refractivity contribution in [3.8, 4) is 17.2 Å². The molecule has 2 aromatic rings. The molecule has 7 nitrogen and oxygen atoms in total. The van der Waals surface area contributed by atoms with E-state index in [0.717, 1.165) is 22.2 Å². The van der Waals surface area contributed by atoms with Gasteiger partial charge in [0.2, 0.25) is 0 Å².